The highest BCUT2D eigenvalue weighted by Gasteiger charge is 2.43. The predicted molar refractivity (Wildman–Crippen MR) is 121 cm³/mol. The molecule has 0 spiro atoms. The molecule has 1 aliphatic carbocycles. The largest absolute Gasteiger partial charge is 0.416 e. The Labute approximate surface area is 192 Å². The van der Waals surface area contributed by atoms with Crippen molar-refractivity contribution in [3.63, 3.8) is 0 Å². The van der Waals surface area contributed by atoms with E-state index in [4.69, 9.17) is 0 Å². The molecule has 33 heavy (non-hydrogen) atoms. The number of halogens is 3. The van der Waals surface area contributed by atoms with Crippen LogP contribution in [0.4, 0.5) is 24.7 Å². The normalized spacial score (nSPS) is 23.6. The molecule has 5 rings (SSSR count). The summed E-state index contributed by atoms with van der Waals surface area (Å²) in [5, 5.41) is 3.23. The second kappa shape index (κ2) is 8.88. The number of alkyl halides is 3. The number of carbonyl (C=O) groups excluding carboxylic acids is 1. The Morgan fingerprint density at radius 3 is 2.61 bits per heavy atom. The van der Waals surface area contributed by atoms with Crippen molar-refractivity contribution >= 4 is 17.4 Å². The van der Waals surface area contributed by atoms with Gasteiger partial charge in [0.15, 0.2) is 0 Å². The molecule has 5 nitrogen and oxygen atoms in total. The number of benzene rings is 1. The molecule has 0 bridgehead atoms. The Morgan fingerprint density at radius 2 is 1.88 bits per heavy atom. The zero-order valence-electron chi connectivity index (χ0n) is 18.5. The van der Waals surface area contributed by atoms with Gasteiger partial charge in [0.05, 0.1) is 17.5 Å². The summed E-state index contributed by atoms with van der Waals surface area (Å²) in [7, 11) is 0. The maximum Gasteiger partial charge on any atom is 0.416 e. The number of hydrogen-bond acceptors (Lipinski definition) is 4. The number of pyridine rings is 1. The quantitative estimate of drug-likeness (QED) is 0.740. The van der Waals surface area contributed by atoms with Crippen molar-refractivity contribution in [1.82, 2.24) is 10.3 Å². The first-order valence-corrected chi connectivity index (χ1v) is 11.8. The molecule has 3 heterocycles. The lowest BCUT2D eigenvalue weighted by atomic mass is 9.82. The number of anilines is 2. The fraction of sp³-hybridized carbons (Fsp3) is 0.520. The maximum absolute atomic E-state index is 13.5. The molecule has 3 aliphatic rings. The maximum atomic E-state index is 13.5. The summed E-state index contributed by atoms with van der Waals surface area (Å²) in [5.74, 6) is 0.416. The summed E-state index contributed by atoms with van der Waals surface area (Å²) in [6.07, 6.45) is 3.03. The van der Waals surface area contributed by atoms with Crippen LogP contribution in [0.1, 0.15) is 43.2 Å². The second-order valence-corrected chi connectivity index (χ2v) is 9.39. The Kier molecular flexibility index (Phi) is 5.93. The molecule has 1 amide bonds. The third kappa shape index (κ3) is 4.52. The molecule has 2 fully saturated rings. The SMILES string of the molecule is O=C(NC1CCCCC1)[C@@H]1Cc2cc(C(F)(F)F)ccc2N2CCN(c3ccccn3)C[C@H]12. The molecule has 0 unspecified atom stereocenters. The van der Waals surface area contributed by atoms with Crippen LogP contribution in [0.15, 0.2) is 42.6 Å². The minimum Gasteiger partial charge on any atom is -0.364 e. The molecule has 2 aromatic rings. The van der Waals surface area contributed by atoms with Gasteiger partial charge in [0, 0.05) is 37.6 Å². The molecule has 1 N–H and O–H groups in total. The molecule has 1 aromatic carbocycles. The average Bonchev–Trinajstić information content (AvgIpc) is 2.83. The minimum absolute atomic E-state index is 0.0390. The zero-order valence-corrected chi connectivity index (χ0v) is 18.5. The van der Waals surface area contributed by atoms with Crippen LogP contribution in [0.25, 0.3) is 0 Å². The highest BCUT2D eigenvalue weighted by Crippen LogP contribution is 2.40. The van der Waals surface area contributed by atoms with Crippen LogP contribution in [0.5, 0.6) is 0 Å². The van der Waals surface area contributed by atoms with Crippen LogP contribution in [0, 0.1) is 5.92 Å². The molecule has 2 aliphatic heterocycles. The molecule has 0 radical (unpaired) electrons. The third-order valence-electron chi connectivity index (χ3n) is 7.30. The smallest absolute Gasteiger partial charge is 0.364 e. The number of carbonyl (C=O) groups is 1. The first-order valence-electron chi connectivity index (χ1n) is 11.8. The second-order valence-electron chi connectivity index (χ2n) is 9.39. The van der Waals surface area contributed by atoms with Crippen LogP contribution in [-0.2, 0) is 17.4 Å². The van der Waals surface area contributed by atoms with E-state index in [0.717, 1.165) is 43.3 Å². The van der Waals surface area contributed by atoms with Crippen molar-refractivity contribution < 1.29 is 18.0 Å². The van der Waals surface area contributed by atoms with E-state index in [9.17, 15) is 18.0 Å². The van der Waals surface area contributed by atoms with Crippen LogP contribution in [0.2, 0.25) is 0 Å². The third-order valence-corrected chi connectivity index (χ3v) is 7.30. The summed E-state index contributed by atoms with van der Waals surface area (Å²) in [4.78, 5) is 22.3. The van der Waals surface area contributed by atoms with Gasteiger partial charge in [0.1, 0.15) is 5.82 Å². The Bertz CT molecular complexity index is 991. The number of hydrogen-bond donors (Lipinski definition) is 1. The fourth-order valence-electron chi connectivity index (χ4n) is 5.60. The number of fused-ring (bicyclic) bond motifs is 3. The lowest BCUT2D eigenvalue weighted by molar-refractivity contribution is -0.137. The van der Waals surface area contributed by atoms with Gasteiger partial charge in [-0.05, 0) is 55.2 Å². The topological polar surface area (TPSA) is 48.5 Å². The Hall–Kier alpha value is -2.77. The van der Waals surface area contributed by atoms with Crippen LogP contribution < -0.4 is 15.1 Å². The van der Waals surface area contributed by atoms with Gasteiger partial charge in [-0.3, -0.25) is 4.79 Å². The summed E-state index contributed by atoms with van der Waals surface area (Å²) in [6.45, 7) is 1.94. The van der Waals surface area contributed by atoms with Gasteiger partial charge in [-0.15, -0.1) is 0 Å². The first-order chi connectivity index (χ1) is 15.9. The molecule has 2 atom stereocenters. The van der Waals surface area contributed by atoms with E-state index in [0.29, 0.717) is 31.6 Å². The number of rotatable bonds is 3. The molecule has 1 saturated heterocycles. The van der Waals surface area contributed by atoms with Crippen LogP contribution >= 0.6 is 0 Å². The molecule has 1 aromatic heterocycles. The van der Waals surface area contributed by atoms with Crippen molar-refractivity contribution in [3.8, 4) is 0 Å². The lowest BCUT2D eigenvalue weighted by Gasteiger charge is -2.49. The molecule has 8 heteroatoms. The van der Waals surface area contributed by atoms with Crippen molar-refractivity contribution in [2.45, 2.75) is 56.8 Å². The molecule has 1 saturated carbocycles. The minimum atomic E-state index is -4.40. The molecule has 176 valence electrons. The first kappa shape index (κ1) is 22.0. The van der Waals surface area contributed by atoms with E-state index in [1.54, 1.807) is 12.3 Å². The van der Waals surface area contributed by atoms with E-state index in [1.165, 1.54) is 12.5 Å². The number of amides is 1. The standard InChI is InChI=1S/C25H29F3N4O/c26-25(27,28)18-9-10-21-17(14-18)15-20(24(33)30-19-6-2-1-3-7-19)22-16-31(12-13-32(21)22)23-8-4-5-11-29-23/h4-5,8-11,14,19-20,22H,1-3,6-7,12-13,15-16H2,(H,30,33)/t20-,22-/m1/s1. The summed E-state index contributed by atoms with van der Waals surface area (Å²) < 4.78 is 40.2. The summed E-state index contributed by atoms with van der Waals surface area (Å²) in [5.41, 5.74) is 0.768. The highest BCUT2D eigenvalue weighted by molar-refractivity contribution is 5.82. The monoisotopic (exact) mass is 458 g/mol. The van der Waals surface area contributed by atoms with Crippen molar-refractivity contribution in [2.24, 2.45) is 5.92 Å². The molecular weight excluding hydrogens is 429 g/mol. The molecular formula is C25H29F3N4O. The van der Waals surface area contributed by atoms with Crippen molar-refractivity contribution in [1.29, 1.82) is 0 Å². The van der Waals surface area contributed by atoms with E-state index < -0.39 is 17.7 Å². The summed E-state index contributed by atoms with van der Waals surface area (Å²) in [6, 6.07) is 9.79. The average molecular weight is 459 g/mol. The van der Waals surface area contributed by atoms with Crippen LogP contribution in [0.3, 0.4) is 0 Å². The van der Waals surface area contributed by atoms with Crippen LogP contribution in [-0.4, -0.2) is 42.6 Å². The van der Waals surface area contributed by atoms with E-state index in [1.807, 2.05) is 18.2 Å². The van der Waals surface area contributed by atoms with Gasteiger partial charge in [-0.1, -0.05) is 25.3 Å². The van der Waals surface area contributed by atoms with Gasteiger partial charge in [0.2, 0.25) is 5.91 Å². The fourth-order valence-corrected chi connectivity index (χ4v) is 5.60. The number of piperazine rings is 1. The lowest BCUT2D eigenvalue weighted by Crippen LogP contribution is -2.62. The zero-order chi connectivity index (χ0) is 23.0. The van der Waals surface area contributed by atoms with Gasteiger partial charge < -0.3 is 15.1 Å². The Balaban J connectivity index is 1.45. The number of aromatic nitrogens is 1. The number of nitrogens with one attached hydrogen (secondary N) is 1. The van der Waals surface area contributed by atoms with Gasteiger partial charge in [-0.25, -0.2) is 4.98 Å². The Morgan fingerprint density at radius 1 is 1.06 bits per heavy atom. The number of nitrogens with zero attached hydrogens (tertiary/aromatic N) is 3. The van der Waals surface area contributed by atoms with E-state index in [-0.39, 0.29) is 18.0 Å². The van der Waals surface area contributed by atoms with Gasteiger partial charge in [0.25, 0.3) is 0 Å². The van der Waals surface area contributed by atoms with Crippen molar-refractivity contribution in [3.05, 3.63) is 53.7 Å². The van der Waals surface area contributed by atoms with Gasteiger partial charge in [-0.2, -0.15) is 13.2 Å². The van der Waals surface area contributed by atoms with Crippen molar-refractivity contribution in [2.75, 3.05) is 29.4 Å². The predicted octanol–water partition coefficient (Wildman–Crippen LogP) is 4.42. The van der Waals surface area contributed by atoms with E-state index in [2.05, 4.69) is 20.1 Å². The van der Waals surface area contributed by atoms with E-state index >= 15 is 0 Å². The van der Waals surface area contributed by atoms with Gasteiger partial charge >= 0.3 is 6.18 Å². The highest BCUT2D eigenvalue weighted by atomic mass is 19.4. The summed E-state index contributed by atoms with van der Waals surface area (Å²) >= 11 is 0.